The van der Waals surface area contributed by atoms with Gasteiger partial charge in [0, 0.05) is 16.0 Å². The average molecular weight is 225 g/mol. The normalized spacial score (nSPS) is 10.4. The van der Waals surface area contributed by atoms with Crippen molar-refractivity contribution in [2.45, 2.75) is 0 Å². The van der Waals surface area contributed by atoms with Gasteiger partial charge in [-0.25, -0.2) is 0 Å². The number of fused-ring (bicyclic) bond motifs is 1. The second-order valence-corrected chi connectivity index (χ2v) is 3.71. The second kappa shape index (κ2) is 3.60. The van der Waals surface area contributed by atoms with Crippen molar-refractivity contribution in [1.29, 1.82) is 0 Å². The summed E-state index contributed by atoms with van der Waals surface area (Å²) in [7, 11) is 0. The van der Waals surface area contributed by atoms with Crippen molar-refractivity contribution in [3.63, 3.8) is 0 Å². The van der Waals surface area contributed by atoms with Crippen LogP contribution in [-0.2, 0) is 0 Å². The van der Waals surface area contributed by atoms with Crippen molar-refractivity contribution in [3.05, 3.63) is 45.9 Å². The maximum absolute atomic E-state index is 10.7. The molecule has 0 saturated heterocycles. The molecule has 0 spiro atoms. The van der Waals surface area contributed by atoms with Gasteiger partial charge in [0.1, 0.15) is 0 Å². The molecule has 0 heterocycles. The molecule has 0 N–H and O–H groups in total. The zero-order chi connectivity index (χ0) is 10.1. The van der Waals surface area contributed by atoms with Gasteiger partial charge in [0.15, 0.2) is 6.29 Å². The predicted octanol–water partition coefficient (Wildman–Crippen LogP) is 3.96. The number of hydrogen-bond donors (Lipinski definition) is 0. The smallest absolute Gasteiger partial charge is 0.151 e. The van der Waals surface area contributed by atoms with E-state index in [4.69, 9.17) is 23.2 Å². The maximum atomic E-state index is 10.7. The van der Waals surface area contributed by atoms with Crippen molar-refractivity contribution >= 4 is 40.3 Å². The van der Waals surface area contributed by atoms with E-state index in [1.807, 2.05) is 18.2 Å². The van der Waals surface area contributed by atoms with Gasteiger partial charge >= 0.3 is 0 Å². The van der Waals surface area contributed by atoms with Crippen molar-refractivity contribution in [3.8, 4) is 0 Å². The summed E-state index contributed by atoms with van der Waals surface area (Å²) in [5, 5.41) is 2.66. The van der Waals surface area contributed by atoms with Gasteiger partial charge in [0.25, 0.3) is 0 Å². The molecule has 0 aliphatic carbocycles. The first-order valence-corrected chi connectivity index (χ1v) is 4.81. The highest BCUT2D eigenvalue weighted by atomic mass is 35.5. The molecule has 0 radical (unpaired) electrons. The summed E-state index contributed by atoms with van der Waals surface area (Å²) in [6.45, 7) is 0. The number of carbonyl (C=O) groups is 1. The first-order valence-electron chi connectivity index (χ1n) is 4.06. The largest absolute Gasteiger partial charge is 0.298 e. The van der Waals surface area contributed by atoms with Crippen LogP contribution in [0.1, 0.15) is 10.4 Å². The molecule has 70 valence electrons. The summed E-state index contributed by atoms with van der Waals surface area (Å²) < 4.78 is 0. The third-order valence-corrected chi connectivity index (χ3v) is 2.81. The molecule has 0 unspecified atom stereocenters. The number of halogens is 2. The summed E-state index contributed by atoms with van der Waals surface area (Å²) in [5.41, 5.74) is 0.465. The van der Waals surface area contributed by atoms with Crippen LogP contribution in [0.2, 0.25) is 10.0 Å². The van der Waals surface area contributed by atoms with Crippen LogP contribution >= 0.6 is 23.2 Å². The second-order valence-electron chi connectivity index (χ2n) is 2.92. The van der Waals surface area contributed by atoms with E-state index < -0.39 is 0 Å². The zero-order valence-corrected chi connectivity index (χ0v) is 8.64. The van der Waals surface area contributed by atoms with E-state index >= 15 is 0 Å². The van der Waals surface area contributed by atoms with Crippen LogP contribution in [0.25, 0.3) is 10.8 Å². The molecule has 0 amide bonds. The molecule has 14 heavy (non-hydrogen) atoms. The molecule has 2 aromatic rings. The molecule has 3 heteroatoms. The molecule has 2 aromatic carbocycles. The number of aldehydes is 1. The van der Waals surface area contributed by atoms with Gasteiger partial charge in [-0.1, -0.05) is 41.4 Å². The van der Waals surface area contributed by atoms with Gasteiger partial charge in [0.05, 0.1) is 5.02 Å². The Morgan fingerprint density at radius 1 is 1.07 bits per heavy atom. The summed E-state index contributed by atoms with van der Waals surface area (Å²) >= 11 is 12.0. The van der Waals surface area contributed by atoms with Crippen LogP contribution in [-0.4, -0.2) is 6.29 Å². The molecule has 0 aliphatic heterocycles. The Morgan fingerprint density at radius 2 is 1.86 bits per heavy atom. The Labute approximate surface area is 91.2 Å². The predicted molar refractivity (Wildman–Crippen MR) is 59.4 cm³/mol. The molecule has 0 aliphatic rings. The minimum absolute atomic E-state index is 0.420. The van der Waals surface area contributed by atoms with Crippen LogP contribution in [0.4, 0.5) is 0 Å². The van der Waals surface area contributed by atoms with Crippen LogP contribution in [0.3, 0.4) is 0 Å². The van der Waals surface area contributed by atoms with E-state index in [0.717, 1.165) is 17.1 Å². The lowest BCUT2D eigenvalue weighted by Crippen LogP contribution is -1.84. The van der Waals surface area contributed by atoms with Crippen LogP contribution in [0.5, 0.6) is 0 Å². The molecule has 0 fully saturated rings. The highest BCUT2D eigenvalue weighted by Gasteiger charge is 2.07. The number of hydrogen-bond acceptors (Lipinski definition) is 1. The van der Waals surface area contributed by atoms with Gasteiger partial charge < -0.3 is 0 Å². The number of carbonyl (C=O) groups excluding carboxylic acids is 1. The lowest BCUT2D eigenvalue weighted by molar-refractivity contribution is 0.112. The third kappa shape index (κ3) is 1.39. The first kappa shape index (κ1) is 9.50. The third-order valence-electron chi connectivity index (χ3n) is 2.09. The quantitative estimate of drug-likeness (QED) is 0.671. The molecule has 0 bridgehead atoms. The molecule has 0 atom stereocenters. The van der Waals surface area contributed by atoms with Gasteiger partial charge in [-0.05, 0) is 17.5 Å². The zero-order valence-electron chi connectivity index (χ0n) is 7.13. The van der Waals surface area contributed by atoms with Gasteiger partial charge in [-0.3, -0.25) is 4.79 Å². The van der Waals surface area contributed by atoms with E-state index in [2.05, 4.69) is 0 Å². The monoisotopic (exact) mass is 224 g/mol. The fourth-order valence-electron chi connectivity index (χ4n) is 1.40. The van der Waals surface area contributed by atoms with E-state index in [1.54, 1.807) is 12.1 Å². The Hall–Kier alpha value is -1.05. The van der Waals surface area contributed by atoms with E-state index in [1.165, 1.54) is 0 Å². The summed E-state index contributed by atoms with van der Waals surface area (Å²) in [4.78, 5) is 10.7. The van der Waals surface area contributed by atoms with Crippen molar-refractivity contribution in [1.82, 2.24) is 0 Å². The fraction of sp³-hybridized carbons (Fsp3) is 0. The Kier molecular flexibility index (Phi) is 2.44. The van der Waals surface area contributed by atoms with Crippen molar-refractivity contribution < 1.29 is 4.79 Å². The summed E-state index contributed by atoms with van der Waals surface area (Å²) in [6.07, 6.45) is 0.727. The number of benzene rings is 2. The first-order chi connectivity index (χ1) is 6.74. The number of rotatable bonds is 1. The minimum atomic E-state index is 0.420. The van der Waals surface area contributed by atoms with Crippen LogP contribution in [0.15, 0.2) is 30.3 Å². The molecular weight excluding hydrogens is 219 g/mol. The molecule has 1 nitrogen and oxygen atoms in total. The van der Waals surface area contributed by atoms with E-state index in [-0.39, 0.29) is 0 Å². The standard InChI is InChI=1S/C11H6Cl2O/c12-9-3-1-2-7-4-5-8(6-14)11(13)10(7)9/h1-6H. The van der Waals surface area contributed by atoms with Crippen molar-refractivity contribution in [2.24, 2.45) is 0 Å². The Morgan fingerprint density at radius 3 is 2.57 bits per heavy atom. The van der Waals surface area contributed by atoms with Gasteiger partial charge in [-0.15, -0.1) is 0 Å². The highest BCUT2D eigenvalue weighted by molar-refractivity contribution is 6.43. The lowest BCUT2D eigenvalue weighted by atomic mass is 10.1. The molecule has 0 saturated carbocycles. The van der Waals surface area contributed by atoms with Crippen molar-refractivity contribution in [2.75, 3.05) is 0 Å². The topological polar surface area (TPSA) is 17.1 Å². The molecule has 0 aromatic heterocycles. The van der Waals surface area contributed by atoms with Gasteiger partial charge in [-0.2, -0.15) is 0 Å². The summed E-state index contributed by atoms with van der Waals surface area (Å²) in [6, 6.07) is 9.03. The highest BCUT2D eigenvalue weighted by Crippen LogP contribution is 2.32. The fourth-order valence-corrected chi connectivity index (χ4v) is 2.04. The maximum Gasteiger partial charge on any atom is 0.151 e. The molecular formula is C11H6Cl2O. The Bertz CT molecular complexity index is 506. The Balaban J connectivity index is 2.93. The van der Waals surface area contributed by atoms with Gasteiger partial charge in [0.2, 0.25) is 0 Å². The lowest BCUT2D eigenvalue weighted by Gasteiger charge is -2.04. The van der Waals surface area contributed by atoms with Crippen LogP contribution in [0, 0.1) is 0 Å². The van der Waals surface area contributed by atoms with E-state index in [0.29, 0.717) is 15.6 Å². The average Bonchev–Trinajstić information content (AvgIpc) is 2.18. The van der Waals surface area contributed by atoms with Crippen LogP contribution < -0.4 is 0 Å². The molecule has 2 rings (SSSR count). The summed E-state index contributed by atoms with van der Waals surface area (Å²) in [5.74, 6) is 0. The SMILES string of the molecule is O=Cc1ccc2cccc(Cl)c2c1Cl. The minimum Gasteiger partial charge on any atom is -0.298 e. The van der Waals surface area contributed by atoms with E-state index in [9.17, 15) is 4.79 Å².